The van der Waals surface area contributed by atoms with Gasteiger partial charge in [0.1, 0.15) is 0 Å². The number of piperazine rings is 1. The minimum Gasteiger partial charge on any atom is -0.465 e. The lowest BCUT2D eigenvalue weighted by Gasteiger charge is -2.49. The summed E-state index contributed by atoms with van der Waals surface area (Å²) in [4.78, 5) is 12.8. The summed E-state index contributed by atoms with van der Waals surface area (Å²) >= 11 is 0. The van der Waals surface area contributed by atoms with Gasteiger partial charge in [-0.2, -0.15) is 0 Å². The number of nitrogens with one attached hydrogen (secondary N) is 1. The molecule has 1 spiro atoms. The van der Waals surface area contributed by atoms with Crippen molar-refractivity contribution in [3.05, 3.63) is 0 Å². The average molecular weight is 212 g/mol. The van der Waals surface area contributed by atoms with Crippen molar-refractivity contribution < 1.29 is 9.90 Å². The van der Waals surface area contributed by atoms with Crippen molar-refractivity contribution in [1.82, 2.24) is 10.2 Å². The van der Waals surface area contributed by atoms with E-state index >= 15 is 0 Å². The molecule has 0 radical (unpaired) electrons. The number of hydrogen-bond donors (Lipinski definition) is 2. The lowest BCUT2D eigenvalue weighted by molar-refractivity contribution is 0.0330. The van der Waals surface area contributed by atoms with Gasteiger partial charge in [-0.05, 0) is 26.7 Å². The minimum atomic E-state index is -0.784. The van der Waals surface area contributed by atoms with Crippen LogP contribution in [0.2, 0.25) is 0 Å². The second-order valence-electron chi connectivity index (χ2n) is 5.52. The van der Waals surface area contributed by atoms with Crippen molar-refractivity contribution in [3.8, 4) is 0 Å². The van der Waals surface area contributed by atoms with Crippen LogP contribution in [0.1, 0.15) is 39.5 Å². The lowest BCUT2D eigenvalue weighted by atomic mass is 9.88. The molecule has 0 aromatic rings. The van der Waals surface area contributed by atoms with Crippen LogP contribution in [-0.4, -0.2) is 40.3 Å². The summed E-state index contributed by atoms with van der Waals surface area (Å²) in [6.45, 7) is 5.38. The van der Waals surface area contributed by atoms with Gasteiger partial charge in [0, 0.05) is 18.6 Å². The lowest BCUT2D eigenvalue weighted by Crippen LogP contribution is -2.68. The van der Waals surface area contributed by atoms with Crippen LogP contribution in [0.15, 0.2) is 0 Å². The summed E-state index contributed by atoms with van der Waals surface area (Å²) in [7, 11) is 0. The first-order chi connectivity index (χ1) is 6.95. The van der Waals surface area contributed by atoms with E-state index in [0.29, 0.717) is 6.54 Å². The molecule has 2 rings (SSSR count). The standard InChI is InChI=1S/C11H20N2O2/c1-10(2)7-12-11(5-3-4-6-11)8-13(10)9(14)15/h12H,3-8H2,1-2H3,(H,14,15). The number of carboxylic acid groups (broad SMARTS) is 1. The summed E-state index contributed by atoms with van der Waals surface area (Å²) in [5.74, 6) is 0. The van der Waals surface area contributed by atoms with Crippen LogP contribution in [-0.2, 0) is 0 Å². The Balaban J connectivity index is 2.16. The third kappa shape index (κ3) is 1.83. The topological polar surface area (TPSA) is 52.6 Å². The zero-order chi connectivity index (χ0) is 11.1. The second-order valence-corrected chi connectivity index (χ2v) is 5.52. The zero-order valence-electron chi connectivity index (χ0n) is 9.55. The maximum Gasteiger partial charge on any atom is 0.407 e. The molecule has 0 bridgehead atoms. The molecular formula is C11H20N2O2. The number of carbonyl (C=O) groups is 1. The molecule has 1 saturated heterocycles. The molecule has 86 valence electrons. The fourth-order valence-electron chi connectivity index (χ4n) is 2.79. The van der Waals surface area contributed by atoms with Crippen molar-refractivity contribution in [2.75, 3.05) is 13.1 Å². The van der Waals surface area contributed by atoms with Crippen LogP contribution in [0.4, 0.5) is 4.79 Å². The fourth-order valence-corrected chi connectivity index (χ4v) is 2.79. The van der Waals surface area contributed by atoms with Crippen LogP contribution in [0.3, 0.4) is 0 Å². The number of amides is 1. The summed E-state index contributed by atoms with van der Waals surface area (Å²) in [5, 5.41) is 12.8. The highest BCUT2D eigenvalue weighted by atomic mass is 16.4. The van der Waals surface area contributed by atoms with E-state index in [1.165, 1.54) is 12.8 Å². The first-order valence-corrected chi connectivity index (χ1v) is 5.71. The molecule has 0 unspecified atom stereocenters. The second kappa shape index (κ2) is 3.37. The first-order valence-electron chi connectivity index (χ1n) is 5.71. The summed E-state index contributed by atoms with van der Waals surface area (Å²) in [6.07, 6.45) is 3.90. The van der Waals surface area contributed by atoms with Gasteiger partial charge in [-0.3, -0.25) is 0 Å². The number of nitrogens with zero attached hydrogens (tertiary/aromatic N) is 1. The van der Waals surface area contributed by atoms with Crippen LogP contribution in [0.25, 0.3) is 0 Å². The summed E-state index contributed by atoms with van der Waals surface area (Å²) in [5.41, 5.74) is -0.201. The molecule has 0 atom stereocenters. The van der Waals surface area contributed by atoms with Crippen molar-refractivity contribution in [2.45, 2.75) is 50.6 Å². The SMILES string of the molecule is CC1(C)CNC2(CCCC2)CN1C(=O)O. The Kier molecular flexibility index (Phi) is 2.41. The fraction of sp³-hybridized carbons (Fsp3) is 0.909. The predicted octanol–water partition coefficient (Wildman–Crippen LogP) is 1.66. The molecule has 0 aromatic heterocycles. The van der Waals surface area contributed by atoms with Gasteiger partial charge in [-0.25, -0.2) is 4.79 Å². The Bertz CT molecular complexity index is 270. The van der Waals surface area contributed by atoms with Gasteiger partial charge in [0.15, 0.2) is 0 Å². The molecule has 2 aliphatic rings. The van der Waals surface area contributed by atoms with E-state index in [1.807, 2.05) is 13.8 Å². The van der Waals surface area contributed by atoms with Crippen LogP contribution >= 0.6 is 0 Å². The molecule has 15 heavy (non-hydrogen) atoms. The summed E-state index contributed by atoms with van der Waals surface area (Å²) in [6, 6.07) is 0. The Labute approximate surface area is 90.6 Å². The van der Waals surface area contributed by atoms with Crippen molar-refractivity contribution >= 4 is 6.09 Å². The molecule has 4 heteroatoms. The van der Waals surface area contributed by atoms with Gasteiger partial charge in [0.05, 0.1) is 5.54 Å². The smallest absolute Gasteiger partial charge is 0.407 e. The van der Waals surface area contributed by atoms with Gasteiger partial charge in [0.25, 0.3) is 0 Å². The molecule has 2 fully saturated rings. The van der Waals surface area contributed by atoms with E-state index in [2.05, 4.69) is 5.32 Å². The number of hydrogen-bond acceptors (Lipinski definition) is 2. The van der Waals surface area contributed by atoms with Gasteiger partial charge in [0.2, 0.25) is 0 Å². The van der Waals surface area contributed by atoms with Gasteiger partial charge in [-0.15, -0.1) is 0 Å². The van der Waals surface area contributed by atoms with E-state index in [-0.39, 0.29) is 11.1 Å². The highest BCUT2D eigenvalue weighted by Gasteiger charge is 2.46. The van der Waals surface area contributed by atoms with E-state index in [1.54, 1.807) is 4.90 Å². The van der Waals surface area contributed by atoms with Crippen LogP contribution < -0.4 is 5.32 Å². The first kappa shape index (κ1) is 10.7. The molecule has 1 heterocycles. The quantitative estimate of drug-likeness (QED) is 0.642. The molecule has 1 aliphatic heterocycles. The average Bonchev–Trinajstić information content (AvgIpc) is 2.59. The molecule has 1 aliphatic carbocycles. The van der Waals surface area contributed by atoms with Crippen LogP contribution in [0.5, 0.6) is 0 Å². The largest absolute Gasteiger partial charge is 0.465 e. The van der Waals surface area contributed by atoms with Crippen molar-refractivity contribution in [3.63, 3.8) is 0 Å². The van der Waals surface area contributed by atoms with E-state index in [9.17, 15) is 9.90 Å². The molecule has 4 nitrogen and oxygen atoms in total. The molecule has 1 amide bonds. The Morgan fingerprint density at radius 3 is 2.47 bits per heavy atom. The molecular weight excluding hydrogens is 192 g/mol. The normalized spacial score (nSPS) is 28.3. The van der Waals surface area contributed by atoms with E-state index in [4.69, 9.17) is 0 Å². The Morgan fingerprint density at radius 2 is 1.93 bits per heavy atom. The molecule has 2 N–H and O–H groups in total. The maximum atomic E-state index is 11.2. The van der Waals surface area contributed by atoms with E-state index < -0.39 is 6.09 Å². The Hall–Kier alpha value is -0.770. The third-order valence-electron chi connectivity index (χ3n) is 3.88. The van der Waals surface area contributed by atoms with Gasteiger partial charge >= 0.3 is 6.09 Å². The molecule has 0 aromatic carbocycles. The van der Waals surface area contributed by atoms with Gasteiger partial charge in [-0.1, -0.05) is 12.8 Å². The highest BCUT2D eigenvalue weighted by Crippen LogP contribution is 2.35. The monoisotopic (exact) mass is 212 g/mol. The summed E-state index contributed by atoms with van der Waals surface area (Å²) < 4.78 is 0. The molecule has 1 saturated carbocycles. The maximum absolute atomic E-state index is 11.2. The van der Waals surface area contributed by atoms with Crippen molar-refractivity contribution in [2.24, 2.45) is 0 Å². The highest BCUT2D eigenvalue weighted by molar-refractivity contribution is 5.66. The minimum absolute atomic E-state index is 0.0773. The Morgan fingerprint density at radius 1 is 1.33 bits per heavy atom. The predicted molar refractivity (Wildman–Crippen MR) is 58.0 cm³/mol. The third-order valence-corrected chi connectivity index (χ3v) is 3.88. The van der Waals surface area contributed by atoms with E-state index in [0.717, 1.165) is 19.4 Å². The number of rotatable bonds is 0. The zero-order valence-corrected chi connectivity index (χ0v) is 9.55. The van der Waals surface area contributed by atoms with Gasteiger partial charge < -0.3 is 15.3 Å². The van der Waals surface area contributed by atoms with Crippen molar-refractivity contribution in [1.29, 1.82) is 0 Å². The van der Waals surface area contributed by atoms with Crippen LogP contribution in [0, 0.1) is 0 Å².